The van der Waals surface area contributed by atoms with Gasteiger partial charge < -0.3 is 4.74 Å². The number of carbonyl (C=O) groups is 1. The van der Waals surface area contributed by atoms with Gasteiger partial charge in [0, 0.05) is 10.4 Å². The van der Waals surface area contributed by atoms with Crippen molar-refractivity contribution >= 4 is 21.7 Å². The number of hydrogen-bond acceptors (Lipinski definition) is 2. The second-order valence-corrected chi connectivity index (χ2v) is 6.05. The quantitative estimate of drug-likeness (QED) is 0.795. The largest absolute Gasteiger partial charge is 0.496 e. The lowest BCUT2D eigenvalue weighted by molar-refractivity contribution is 0.0911. The number of benzene rings is 1. The molecule has 0 saturated heterocycles. The topological polar surface area (TPSA) is 26.3 Å². The fraction of sp³-hybridized carbons (Fsp3) is 0.500. The van der Waals surface area contributed by atoms with Crippen LogP contribution < -0.4 is 4.74 Å². The summed E-state index contributed by atoms with van der Waals surface area (Å²) in [6.07, 6.45) is 3.51. The molecule has 0 heterocycles. The first-order chi connectivity index (χ1) is 8.19. The van der Waals surface area contributed by atoms with Gasteiger partial charge in [0.15, 0.2) is 5.78 Å². The molecule has 1 aromatic carbocycles. The molecule has 1 aromatic rings. The average Bonchev–Trinajstić information content (AvgIpc) is 2.95. The Morgan fingerprint density at radius 2 is 2.00 bits per heavy atom. The van der Waals surface area contributed by atoms with Crippen LogP contribution >= 0.6 is 15.9 Å². The monoisotopic (exact) mass is 294 g/mol. The lowest BCUT2D eigenvalue weighted by Crippen LogP contribution is -2.14. The SMILES string of the molecule is COc1ccc(Br)cc1C(=O)C1CC2CC2C1. The van der Waals surface area contributed by atoms with E-state index in [0.29, 0.717) is 5.75 Å². The molecule has 3 heteroatoms. The van der Waals surface area contributed by atoms with E-state index in [1.165, 1.54) is 6.42 Å². The van der Waals surface area contributed by atoms with Crippen LogP contribution in [-0.4, -0.2) is 12.9 Å². The Morgan fingerprint density at radius 1 is 1.29 bits per heavy atom. The molecule has 2 fully saturated rings. The van der Waals surface area contributed by atoms with E-state index in [9.17, 15) is 4.79 Å². The van der Waals surface area contributed by atoms with E-state index in [1.54, 1.807) is 7.11 Å². The third kappa shape index (κ3) is 2.01. The molecule has 2 saturated carbocycles. The van der Waals surface area contributed by atoms with Gasteiger partial charge >= 0.3 is 0 Å². The van der Waals surface area contributed by atoms with E-state index in [2.05, 4.69) is 15.9 Å². The molecule has 2 aliphatic carbocycles. The van der Waals surface area contributed by atoms with Crippen LogP contribution in [-0.2, 0) is 0 Å². The maximum absolute atomic E-state index is 12.4. The molecule has 2 unspecified atom stereocenters. The predicted molar refractivity (Wildman–Crippen MR) is 69.3 cm³/mol. The van der Waals surface area contributed by atoms with Crippen LogP contribution in [0.1, 0.15) is 29.6 Å². The number of hydrogen-bond donors (Lipinski definition) is 0. The molecule has 17 heavy (non-hydrogen) atoms. The van der Waals surface area contributed by atoms with Crippen LogP contribution in [0.2, 0.25) is 0 Å². The first-order valence-electron chi connectivity index (χ1n) is 6.07. The molecule has 0 amide bonds. The van der Waals surface area contributed by atoms with Crippen molar-refractivity contribution in [2.45, 2.75) is 19.3 Å². The molecule has 3 rings (SSSR count). The molecule has 0 N–H and O–H groups in total. The van der Waals surface area contributed by atoms with E-state index in [0.717, 1.165) is 34.7 Å². The van der Waals surface area contributed by atoms with Crippen molar-refractivity contribution in [3.63, 3.8) is 0 Å². The number of rotatable bonds is 3. The maximum Gasteiger partial charge on any atom is 0.169 e. The second-order valence-electron chi connectivity index (χ2n) is 5.13. The summed E-state index contributed by atoms with van der Waals surface area (Å²) >= 11 is 3.42. The molecule has 2 aliphatic rings. The van der Waals surface area contributed by atoms with Crippen molar-refractivity contribution in [3.8, 4) is 5.75 Å². The van der Waals surface area contributed by atoms with Crippen molar-refractivity contribution < 1.29 is 9.53 Å². The lowest BCUT2D eigenvalue weighted by Gasteiger charge is -2.13. The van der Waals surface area contributed by atoms with Crippen LogP contribution in [0.25, 0.3) is 0 Å². The first kappa shape index (κ1) is 11.3. The van der Waals surface area contributed by atoms with Gasteiger partial charge in [0.2, 0.25) is 0 Å². The molecular formula is C14H15BrO2. The summed E-state index contributed by atoms with van der Waals surface area (Å²) in [4.78, 5) is 12.4. The standard InChI is InChI=1S/C14H15BrO2/c1-17-13-3-2-11(15)7-12(13)14(16)10-5-8-4-9(8)6-10/h2-3,7-10H,4-6H2,1H3. The average molecular weight is 295 g/mol. The summed E-state index contributed by atoms with van der Waals surface area (Å²) in [5.41, 5.74) is 0.730. The summed E-state index contributed by atoms with van der Waals surface area (Å²) < 4.78 is 6.21. The Hall–Kier alpha value is -0.830. The lowest BCUT2D eigenvalue weighted by atomic mass is 9.93. The first-order valence-corrected chi connectivity index (χ1v) is 6.86. The van der Waals surface area contributed by atoms with E-state index in [4.69, 9.17) is 4.74 Å². The summed E-state index contributed by atoms with van der Waals surface area (Å²) in [6.45, 7) is 0. The Kier molecular flexibility index (Phi) is 2.74. The molecule has 0 bridgehead atoms. The maximum atomic E-state index is 12.4. The van der Waals surface area contributed by atoms with E-state index in [1.807, 2.05) is 18.2 Å². The van der Waals surface area contributed by atoms with Crippen molar-refractivity contribution in [1.82, 2.24) is 0 Å². The van der Waals surface area contributed by atoms with E-state index >= 15 is 0 Å². The summed E-state index contributed by atoms with van der Waals surface area (Å²) in [7, 11) is 1.62. The number of ether oxygens (including phenoxy) is 1. The summed E-state index contributed by atoms with van der Waals surface area (Å²) in [5, 5.41) is 0. The molecule has 90 valence electrons. The fourth-order valence-electron chi connectivity index (χ4n) is 3.02. The van der Waals surface area contributed by atoms with Crippen molar-refractivity contribution in [1.29, 1.82) is 0 Å². The molecular weight excluding hydrogens is 280 g/mol. The Balaban J connectivity index is 1.87. The van der Waals surface area contributed by atoms with Gasteiger partial charge in [-0.2, -0.15) is 0 Å². The van der Waals surface area contributed by atoms with Crippen LogP contribution in [0.15, 0.2) is 22.7 Å². The highest BCUT2D eigenvalue weighted by Crippen LogP contribution is 2.55. The van der Waals surface area contributed by atoms with Gasteiger partial charge in [-0.1, -0.05) is 15.9 Å². The number of Topliss-reactive ketones (excluding diaryl/α,β-unsaturated/α-hetero) is 1. The minimum absolute atomic E-state index is 0.224. The minimum atomic E-state index is 0.224. The predicted octanol–water partition coefficient (Wildman–Crippen LogP) is 3.69. The van der Waals surface area contributed by atoms with E-state index in [-0.39, 0.29) is 11.7 Å². The van der Waals surface area contributed by atoms with Gasteiger partial charge in [-0.15, -0.1) is 0 Å². The Morgan fingerprint density at radius 3 is 2.65 bits per heavy atom. The van der Waals surface area contributed by atoms with Crippen LogP contribution in [0.4, 0.5) is 0 Å². The van der Waals surface area contributed by atoms with Gasteiger partial charge in [0.25, 0.3) is 0 Å². The van der Waals surface area contributed by atoms with Crippen LogP contribution in [0.3, 0.4) is 0 Å². The van der Waals surface area contributed by atoms with Crippen molar-refractivity contribution in [3.05, 3.63) is 28.2 Å². The van der Waals surface area contributed by atoms with Crippen molar-refractivity contribution in [2.24, 2.45) is 17.8 Å². The Bertz CT molecular complexity index is 459. The number of carbonyl (C=O) groups excluding carboxylic acids is 1. The van der Waals surface area contributed by atoms with Crippen LogP contribution in [0.5, 0.6) is 5.75 Å². The molecule has 2 nitrogen and oxygen atoms in total. The number of fused-ring (bicyclic) bond motifs is 1. The Labute approximate surface area is 109 Å². The zero-order valence-corrected chi connectivity index (χ0v) is 11.4. The molecule has 2 atom stereocenters. The molecule has 0 aliphatic heterocycles. The van der Waals surface area contributed by atoms with Crippen LogP contribution in [0, 0.1) is 17.8 Å². The van der Waals surface area contributed by atoms with Gasteiger partial charge in [0.1, 0.15) is 5.75 Å². The zero-order valence-electron chi connectivity index (χ0n) is 9.78. The highest BCUT2D eigenvalue weighted by molar-refractivity contribution is 9.10. The van der Waals surface area contributed by atoms with Gasteiger partial charge in [-0.05, 0) is 49.3 Å². The van der Waals surface area contributed by atoms with Gasteiger partial charge in [-0.25, -0.2) is 0 Å². The molecule has 0 radical (unpaired) electrons. The highest BCUT2D eigenvalue weighted by Gasteiger charge is 2.48. The summed E-state index contributed by atoms with van der Waals surface area (Å²) in [6, 6.07) is 5.64. The summed E-state index contributed by atoms with van der Waals surface area (Å²) in [5.74, 6) is 2.85. The third-order valence-electron chi connectivity index (χ3n) is 4.04. The van der Waals surface area contributed by atoms with E-state index < -0.39 is 0 Å². The highest BCUT2D eigenvalue weighted by atomic mass is 79.9. The second kappa shape index (κ2) is 4.13. The third-order valence-corrected chi connectivity index (χ3v) is 4.53. The molecule has 0 aromatic heterocycles. The normalized spacial score (nSPS) is 29.9. The van der Waals surface area contributed by atoms with Crippen molar-refractivity contribution in [2.75, 3.05) is 7.11 Å². The minimum Gasteiger partial charge on any atom is -0.496 e. The number of methoxy groups -OCH3 is 1. The van der Waals surface area contributed by atoms with Gasteiger partial charge in [-0.3, -0.25) is 4.79 Å². The van der Waals surface area contributed by atoms with Gasteiger partial charge in [0.05, 0.1) is 12.7 Å². The fourth-order valence-corrected chi connectivity index (χ4v) is 3.38. The molecule has 0 spiro atoms. The number of halogens is 1. The smallest absolute Gasteiger partial charge is 0.169 e. The number of ketones is 1. The zero-order chi connectivity index (χ0) is 12.0.